The van der Waals surface area contributed by atoms with E-state index in [1.165, 1.54) is 0 Å². The summed E-state index contributed by atoms with van der Waals surface area (Å²) in [4.78, 5) is 11.8. The van der Waals surface area contributed by atoms with Crippen LogP contribution in [0.25, 0.3) is 0 Å². The van der Waals surface area contributed by atoms with Gasteiger partial charge in [-0.15, -0.1) is 0 Å². The van der Waals surface area contributed by atoms with E-state index in [1.54, 1.807) is 7.05 Å². The van der Waals surface area contributed by atoms with Crippen LogP contribution in [-0.2, 0) is 14.6 Å². The highest BCUT2D eigenvalue weighted by molar-refractivity contribution is 7.91. The van der Waals surface area contributed by atoms with E-state index in [9.17, 15) is 13.2 Å². The molecule has 1 aliphatic rings. The van der Waals surface area contributed by atoms with Crippen LogP contribution in [0.15, 0.2) is 0 Å². The Balaban J connectivity index is 2.53. The zero-order chi connectivity index (χ0) is 13.8. The van der Waals surface area contributed by atoms with E-state index in [2.05, 4.69) is 24.5 Å². The van der Waals surface area contributed by atoms with Gasteiger partial charge >= 0.3 is 0 Å². The molecule has 0 aliphatic carbocycles. The number of rotatable bonds is 5. The van der Waals surface area contributed by atoms with Crippen molar-refractivity contribution >= 4 is 15.7 Å². The normalized spacial score (nSPS) is 21.8. The van der Waals surface area contributed by atoms with Crippen molar-refractivity contribution in [2.45, 2.75) is 45.2 Å². The summed E-state index contributed by atoms with van der Waals surface area (Å²) in [7, 11) is -1.21. The van der Waals surface area contributed by atoms with Crippen LogP contribution in [0.5, 0.6) is 0 Å². The lowest BCUT2D eigenvalue weighted by atomic mass is 10.0. The van der Waals surface area contributed by atoms with Crippen LogP contribution >= 0.6 is 0 Å². The first-order chi connectivity index (χ1) is 8.34. The number of sulfone groups is 1. The molecule has 0 spiro atoms. The van der Waals surface area contributed by atoms with Gasteiger partial charge in [-0.1, -0.05) is 13.8 Å². The van der Waals surface area contributed by atoms with Gasteiger partial charge in [0.25, 0.3) is 0 Å². The number of carbonyl (C=O) groups is 1. The first-order valence-corrected chi connectivity index (χ1v) is 8.34. The van der Waals surface area contributed by atoms with Crippen molar-refractivity contribution in [3.63, 3.8) is 0 Å². The molecule has 1 amide bonds. The highest BCUT2D eigenvalue weighted by Gasteiger charge is 2.27. The molecule has 0 radical (unpaired) electrons. The molecule has 1 fully saturated rings. The minimum atomic E-state index is -2.84. The van der Waals surface area contributed by atoms with E-state index in [-0.39, 0.29) is 29.5 Å². The average molecular weight is 276 g/mol. The van der Waals surface area contributed by atoms with E-state index < -0.39 is 9.84 Å². The van der Waals surface area contributed by atoms with E-state index in [0.29, 0.717) is 18.8 Å². The number of likely N-dealkylation sites (N-methyl/N-ethyl adjacent to an activating group) is 1. The second kappa shape index (κ2) is 6.52. The van der Waals surface area contributed by atoms with E-state index in [4.69, 9.17) is 0 Å². The Morgan fingerprint density at radius 2 is 1.83 bits per heavy atom. The van der Waals surface area contributed by atoms with E-state index >= 15 is 0 Å². The van der Waals surface area contributed by atoms with Crippen molar-refractivity contribution in [1.82, 2.24) is 10.6 Å². The molecular formula is C12H24N2O3S. The molecule has 5 nitrogen and oxygen atoms in total. The molecule has 0 aromatic rings. The van der Waals surface area contributed by atoms with Gasteiger partial charge in [0.2, 0.25) is 5.91 Å². The van der Waals surface area contributed by atoms with Crippen LogP contribution in [0.1, 0.15) is 33.1 Å². The monoisotopic (exact) mass is 276 g/mol. The molecule has 1 aliphatic heterocycles. The molecule has 6 heteroatoms. The predicted octanol–water partition coefficient (Wildman–Crippen LogP) is 0.314. The van der Waals surface area contributed by atoms with Gasteiger partial charge < -0.3 is 10.6 Å². The van der Waals surface area contributed by atoms with Gasteiger partial charge in [0.1, 0.15) is 9.84 Å². The van der Waals surface area contributed by atoms with Gasteiger partial charge in [0.05, 0.1) is 17.5 Å². The van der Waals surface area contributed by atoms with Crippen molar-refractivity contribution in [3.05, 3.63) is 0 Å². The van der Waals surface area contributed by atoms with Crippen molar-refractivity contribution in [1.29, 1.82) is 0 Å². The minimum absolute atomic E-state index is 0.0165. The van der Waals surface area contributed by atoms with Gasteiger partial charge in [0.15, 0.2) is 0 Å². The van der Waals surface area contributed by atoms with Crippen LogP contribution < -0.4 is 10.6 Å². The fourth-order valence-corrected chi connectivity index (χ4v) is 3.73. The van der Waals surface area contributed by atoms with Crippen LogP contribution in [0, 0.1) is 5.92 Å². The molecule has 1 saturated heterocycles. The second-order valence-corrected chi connectivity index (χ2v) is 7.69. The summed E-state index contributed by atoms with van der Waals surface area (Å²) in [6, 6.07) is -0.0876. The zero-order valence-electron chi connectivity index (χ0n) is 11.4. The van der Waals surface area contributed by atoms with Gasteiger partial charge in [-0.05, 0) is 25.2 Å². The summed E-state index contributed by atoms with van der Waals surface area (Å²) in [6.07, 6.45) is 1.98. The maximum Gasteiger partial charge on any atom is 0.236 e. The van der Waals surface area contributed by atoms with Crippen molar-refractivity contribution in [3.8, 4) is 0 Å². The zero-order valence-corrected chi connectivity index (χ0v) is 12.2. The Morgan fingerprint density at radius 3 is 2.28 bits per heavy atom. The summed E-state index contributed by atoms with van der Waals surface area (Å²) in [6.45, 7) is 4.14. The molecular weight excluding hydrogens is 252 g/mol. The quantitative estimate of drug-likeness (QED) is 0.758. The lowest BCUT2D eigenvalue weighted by Crippen LogP contribution is -2.50. The van der Waals surface area contributed by atoms with Crippen molar-refractivity contribution in [2.24, 2.45) is 5.92 Å². The molecule has 0 aromatic carbocycles. The third-order valence-electron chi connectivity index (χ3n) is 3.26. The molecule has 106 valence electrons. The van der Waals surface area contributed by atoms with Crippen LogP contribution in [0.2, 0.25) is 0 Å². The Morgan fingerprint density at radius 1 is 1.28 bits per heavy atom. The maximum atomic E-state index is 11.8. The fourth-order valence-electron chi connectivity index (χ4n) is 2.24. The van der Waals surface area contributed by atoms with Gasteiger partial charge in [-0.2, -0.15) is 0 Å². The highest BCUT2D eigenvalue weighted by Crippen LogP contribution is 2.14. The summed E-state index contributed by atoms with van der Waals surface area (Å²) in [5.41, 5.74) is 0. The standard InChI is InChI=1S/C12H24N2O3S/c1-9(2)8-11(12(15)13-3)14-10-4-6-18(16,17)7-5-10/h9-11,14H,4-8H2,1-3H3,(H,13,15). The molecule has 0 bridgehead atoms. The summed E-state index contributed by atoms with van der Waals surface area (Å²) in [5, 5.41) is 5.96. The lowest BCUT2D eigenvalue weighted by Gasteiger charge is -2.28. The molecule has 1 rings (SSSR count). The van der Waals surface area contributed by atoms with Crippen LogP contribution in [0.3, 0.4) is 0 Å². The summed E-state index contributed by atoms with van der Waals surface area (Å²) in [5.74, 6) is 0.865. The van der Waals surface area contributed by atoms with Gasteiger partial charge in [-0.25, -0.2) is 8.42 Å². The Labute approximate surface area is 110 Å². The lowest BCUT2D eigenvalue weighted by molar-refractivity contribution is -0.123. The fraction of sp³-hybridized carbons (Fsp3) is 0.917. The topological polar surface area (TPSA) is 75.3 Å². The third-order valence-corrected chi connectivity index (χ3v) is 4.98. The minimum Gasteiger partial charge on any atom is -0.358 e. The largest absolute Gasteiger partial charge is 0.358 e. The molecule has 1 unspecified atom stereocenters. The third kappa shape index (κ3) is 4.94. The van der Waals surface area contributed by atoms with Crippen LogP contribution in [-0.4, -0.2) is 45.0 Å². The molecule has 2 N–H and O–H groups in total. The number of hydrogen-bond acceptors (Lipinski definition) is 4. The van der Waals surface area contributed by atoms with Gasteiger partial charge in [0, 0.05) is 13.1 Å². The summed E-state index contributed by atoms with van der Waals surface area (Å²) < 4.78 is 22.7. The number of amides is 1. The molecule has 18 heavy (non-hydrogen) atoms. The van der Waals surface area contributed by atoms with Gasteiger partial charge in [-0.3, -0.25) is 4.79 Å². The van der Waals surface area contributed by atoms with Crippen LogP contribution in [0.4, 0.5) is 0 Å². The van der Waals surface area contributed by atoms with Crippen molar-refractivity contribution in [2.75, 3.05) is 18.6 Å². The number of nitrogens with one attached hydrogen (secondary N) is 2. The second-order valence-electron chi connectivity index (χ2n) is 5.39. The molecule has 1 heterocycles. The first-order valence-electron chi connectivity index (χ1n) is 6.52. The maximum absolute atomic E-state index is 11.8. The number of hydrogen-bond donors (Lipinski definition) is 2. The number of carbonyl (C=O) groups excluding carboxylic acids is 1. The molecule has 1 atom stereocenters. The SMILES string of the molecule is CNC(=O)C(CC(C)C)NC1CCS(=O)(=O)CC1. The first kappa shape index (κ1) is 15.4. The molecule has 0 saturated carbocycles. The predicted molar refractivity (Wildman–Crippen MR) is 72.1 cm³/mol. The van der Waals surface area contributed by atoms with E-state index in [1.807, 2.05) is 0 Å². The highest BCUT2D eigenvalue weighted by atomic mass is 32.2. The smallest absolute Gasteiger partial charge is 0.236 e. The Bertz CT molecular complexity index is 365. The van der Waals surface area contributed by atoms with Crippen molar-refractivity contribution < 1.29 is 13.2 Å². The summed E-state index contributed by atoms with van der Waals surface area (Å²) >= 11 is 0. The molecule has 0 aromatic heterocycles. The Hall–Kier alpha value is -0.620. The average Bonchev–Trinajstić information content (AvgIpc) is 2.29. The Kier molecular flexibility index (Phi) is 5.59. The van der Waals surface area contributed by atoms with E-state index in [0.717, 1.165) is 6.42 Å².